The van der Waals surface area contributed by atoms with Crippen LogP contribution >= 0.6 is 11.6 Å². The molecule has 0 aliphatic carbocycles. The number of rotatable bonds is 9. The topological polar surface area (TPSA) is 70.7 Å². The zero-order valence-corrected chi connectivity index (χ0v) is 14.2. The molecule has 7 heteroatoms. The van der Waals surface area contributed by atoms with E-state index in [9.17, 15) is 9.59 Å². The third kappa shape index (κ3) is 8.11. The number of carbonyl (C=O) groups excluding carboxylic acids is 2. The molecule has 0 aliphatic heterocycles. The second-order valence-corrected chi connectivity index (χ2v) is 5.52. The summed E-state index contributed by atoms with van der Waals surface area (Å²) in [4.78, 5) is 24.5. The molecule has 0 spiro atoms. The van der Waals surface area contributed by atoms with Crippen LogP contribution in [0.4, 0.5) is 0 Å². The van der Waals surface area contributed by atoms with Gasteiger partial charge >= 0.3 is 0 Å². The number of nitrogens with one attached hydrogen (secondary N) is 2. The minimum atomic E-state index is -0.225. The molecule has 1 aromatic carbocycles. The summed E-state index contributed by atoms with van der Waals surface area (Å²) in [6, 6.07) is 6.78. The molecule has 0 atom stereocenters. The van der Waals surface area contributed by atoms with E-state index in [4.69, 9.17) is 16.3 Å². The van der Waals surface area contributed by atoms with Gasteiger partial charge in [0.05, 0.1) is 6.54 Å². The van der Waals surface area contributed by atoms with Crippen molar-refractivity contribution in [1.82, 2.24) is 15.5 Å². The number of hydrogen-bond acceptors (Lipinski definition) is 4. The Balaban J connectivity index is 2.15. The summed E-state index contributed by atoms with van der Waals surface area (Å²) in [7, 11) is 3.38. The Morgan fingerprint density at radius 3 is 2.48 bits per heavy atom. The first-order valence-electron chi connectivity index (χ1n) is 7.15. The van der Waals surface area contributed by atoms with Crippen LogP contribution in [0.25, 0.3) is 0 Å². The molecule has 2 amide bonds. The average Bonchev–Trinajstić information content (AvgIpc) is 2.52. The fourth-order valence-electron chi connectivity index (χ4n) is 1.53. The van der Waals surface area contributed by atoms with Crippen LogP contribution in [0.2, 0.25) is 5.02 Å². The molecule has 0 unspecified atom stereocenters. The van der Waals surface area contributed by atoms with E-state index in [1.807, 2.05) is 0 Å². The number of ether oxygens (including phenoxy) is 1. The predicted octanol–water partition coefficient (Wildman–Crippen LogP) is 1.42. The maximum absolute atomic E-state index is 11.6. The average molecular weight is 340 g/mol. The number of nitrogens with zero attached hydrogens (tertiary/aromatic N) is 1. The third-order valence-corrected chi connectivity index (χ3v) is 3.17. The second-order valence-electron chi connectivity index (χ2n) is 5.09. The smallest absolute Gasteiger partial charge is 0.257 e. The maximum Gasteiger partial charge on any atom is 0.257 e. The molecule has 2 N–H and O–H groups in total. The lowest BCUT2D eigenvalue weighted by Crippen LogP contribution is -2.34. The fourth-order valence-corrected chi connectivity index (χ4v) is 1.66. The molecule has 0 saturated carbocycles. The van der Waals surface area contributed by atoms with Gasteiger partial charge in [-0.05, 0) is 24.3 Å². The van der Waals surface area contributed by atoms with Crippen LogP contribution in [-0.4, -0.2) is 50.5 Å². The molecule has 6 nitrogen and oxygen atoms in total. The van der Waals surface area contributed by atoms with Crippen molar-refractivity contribution < 1.29 is 14.3 Å². The van der Waals surface area contributed by atoms with Crippen molar-refractivity contribution in [1.29, 1.82) is 0 Å². The van der Waals surface area contributed by atoms with Crippen molar-refractivity contribution in [3.8, 4) is 5.75 Å². The molecule has 0 heterocycles. The first-order chi connectivity index (χ1) is 10.9. The molecule has 0 radical (unpaired) electrons. The van der Waals surface area contributed by atoms with Gasteiger partial charge in [0.25, 0.3) is 5.91 Å². The largest absolute Gasteiger partial charge is 0.484 e. The molecule has 126 valence electrons. The summed E-state index contributed by atoms with van der Waals surface area (Å²) in [6.45, 7) is 4.35. The second kappa shape index (κ2) is 9.74. The van der Waals surface area contributed by atoms with Gasteiger partial charge in [-0.1, -0.05) is 18.2 Å². The zero-order chi connectivity index (χ0) is 17.2. The lowest BCUT2D eigenvalue weighted by atomic mass is 10.3. The highest BCUT2D eigenvalue weighted by Crippen LogP contribution is 2.15. The van der Waals surface area contributed by atoms with Gasteiger partial charge in [0.2, 0.25) is 5.91 Å². The SMILES string of the molecule is C=C(CCNC(=O)COc1ccc(Cl)cc1)NCC(=O)N(C)C. The summed E-state index contributed by atoms with van der Waals surface area (Å²) in [5, 5.41) is 6.25. The molecule has 1 rings (SSSR count). The number of hydrogen-bond donors (Lipinski definition) is 2. The highest BCUT2D eigenvalue weighted by atomic mass is 35.5. The van der Waals surface area contributed by atoms with Crippen LogP contribution in [0, 0.1) is 0 Å². The molecular weight excluding hydrogens is 318 g/mol. The summed E-state index contributed by atoms with van der Waals surface area (Å²) >= 11 is 5.76. The van der Waals surface area contributed by atoms with E-state index in [-0.39, 0.29) is 25.0 Å². The number of benzene rings is 1. The van der Waals surface area contributed by atoms with Crippen molar-refractivity contribution in [3.05, 3.63) is 41.6 Å². The third-order valence-electron chi connectivity index (χ3n) is 2.92. The minimum absolute atomic E-state index is 0.0356. The monoisotopic (exact) mass is 339 g/mol. The highest BCUT2D eigenvalue weighted by Gasteiger charge is 2.05. The summed E-state index contributed by atoms with van der Waals surface area (Å²) in [5.41, 5.74) is 0.694. The quantitative estimate of drug-likeness (QED) is 0.714. The zero-order valence-electron chi connectivity index (χ0n) is 13.4. The van der Waals surface area contributed by atoms with Crippen LogP contribution in [0.3, 0.4) is 0 Å². The Labute approximate surface area is 141 Å². The van der Waals surface area contributed by atoms with E-state index in [2.05, 4.69) is 17.2 Å². The van der Waals surface area contributed by atoms with E-state index in [1.165, 1.54) is 4.90 Å². The first kappa shape index (κ1) is 18.8. The van der Waals surface area contributed by atoms with E-state index in [1.54, 1.807) is 38.4 Å². The molecule has 0 bridgehead atoms. The lowest BCUT2D eigenvalue weighted by molar-refractivity contribution is -0.127. The van der Waals surface area contributed by atoms with E-state index >= 15 is 0 Å². The van der Waals surface area contributed by atoms with Crippen LogP contribution in [0.15, 0.2) is 36.5 Å². The maximum atomic E-state index is 11.6. The van der Waals surface area contributed by atoms with Crippen LogP contribution in [0.1, 0.15) is 6.42 Å². The van der Waals surface area contributed by atoms with Gasteiger partial charge in [0.1, 0.15) is 5.75 Å². The Bertz CT molecular complexity index is 544. The number of halogens is 1. The molecule has 0 aromatic heterocycles. The van der Waals surface area contributed by atoms with Crippen molar-refractivity contribution in [2.75, 3.05) is 33.8 Å². The van der Waals surface area contributed by atoms with Gasteiger partial charge in [0, 0.05) is 37.8 Å². The van der Waals surface area contributed by atoms with Gasteiger partial charge in [0.15, 0.2) is 6.61 Å². The van der Waals surface area contributed by atoms with Gasteiger partial charge in [-0.15, -0.1) is 0 Å². The highest BCUT2D eigenvalue weighted by molar-refractivity contribution is 6.30. The van der Waals surface area contributed by atoms with E-state index in [0.29, 0.717) is 29.4 Å². The molecule has 23 heavy (non-hydrogen) atoms. The summed E-state index contributed by atoms with van der Waals surface area (Å²) in [5.74, 6) is 0.321. The van der Waals surface area contributed by atoms with Crippen LogP contribution < -0.4 is 15.4 Å². The lowest BCUT2D eigenvalue weighted by Gasteiger charge is -2.13. The van der Waals surface area contributed by atoms with E-state index < -0.39 is 0 Å². The normalized spacial score (nSPS) is 9.87. The molecule has 0 aliphatic rings. The predicted molar refractivity (Wildman–Crippen MR) is 90.4 cm³/mol. The van der Waals surface area contributed by atoms with Crippen molar-refractivity contribution in [2.45, 2.75) is 6.42 Å². The first-order valence-corrected chi connectivity index (χ1v) is 7.53. The van der Waals surface area contributed by atoms with Gasteiger partial charge in [-0.3, -0.25) is 9.59 Å². The molecular formula is C16H22ClN3O3. The Morgan fingerprint density at radius 1 is 1.22 bits per heavy atom. The Morgan fingerprint density at radius 2 is 1.87 bits per heavy atom. The number of likely N-dealkylation sites (N-methyl/N-ethyl adjacent to an activating group) is 1. The Kier molecular flexibility index (Phi) is 7.97. The fraction of sp³-hybridized carbons (Fsp3) is 0.375. The van der Waals surface area contributed by atoms with Gasteiger partial charge in [-0.25, -0.2) is 0 Å². The van der Waals surface area contributed by atoms with Crippen LogP contribution in [0.5, 0.6) is 5.75 Å². The van der Waals surface area contributed by atoms with Gasteiger partial charge < -0.3 is 20.3 Å². The van der Waals surface area contributed by atoms with Gasteiger partial charge in [-0.2, -0.15) is 0 Å². The Hall–Kier alpha value is -2.21. The summed E-state index contributed by atoms with van der Waals surface area (Å²) < 4.78 is 5.33. The minimum Gasteiger partial charge on any atom is -0.484 e. The number of amides is 2. The van der Waals surface area contributed by atoms with Crippen molar-refractivity contribution in [2.24, 2.45) is 0 Å². The standard InChI is InChI=1S/C16H22ClN3O3/c1-12(19-10-16(22)20(2)3)8-9-18-15(21)11-23-14-6-4-13(17)5-7-14/h4-7,19H,1,8-11H2,2-3H3,(H,18,21). The molecule has 0 saturated heterocycles. The van der Waals surface area contributed by atoms with Crippen LogP contribution in [-0.2, 0) is 9.59 Å². The van der Waals surface area contributed by atoms with Crippen molar-refractivity contribution >= 4 is 23.4 Å². The molecule has 0 fully saturated rings. The summed E-state index contributed by atoms with van der Waals surface area (Å²) in [6.07, 6.45) is 0.535. The number of carbonyl (C=O) groups is 2. The van der Waals surface area contributed by atoms with Crippen molar-refractivity contribution in [3.63, 3.8) is 0 Å². The van der Waals surface area contributed by atoms with E-state index in [0.717, 1.165) is 0 Å². The molecule has 1 aromatic rings.